The van der Waals surface area contributed by atoms with E-state index < -0.39 is 0 Å². The molecule has 176 valence electrons. The number of nitrogens with zero attached hydrogens (tertiary/aromatic N) is 6. The van der Waals surface area contributed by atoms with Gasteiger partial charge in [0, 0.05) is 51.5 Å². The van der Waals surface area contributed by atoms with Gasteiger partial charge in [-0.15, -0.1) is 5.10 Å². The minimum absolute atomic E-state index is 0.0150. The number of ether oxygens (including phenoxy) is 1. The van der Waals surface area contributed by atoms with Gasteiger partial charge in [-0.05, 0) is 29.8 Å². The predicted molar refractivity (Wildman–Crippen MR) is 127 cm³/mol. The van der Waals surface area contributed by atoms with Crippen molar-refractivity contribution in [2.45, 2.75) is 19.3 Å². The van der Waals surface area contributed by atoms with Crippen molar-refractivity contribution in [2.75, 3.05) is 45.2 Å². The van der Waals surface area contributed by atoms with Crippen LogP contribution in [0.2, 0.25) is 0 Å². The van der Waals surface area contributed by atoms with E-state index in [4.69, 9.17) is 4.74 Å². The molecule has 1 atom stereocenters. The fraction of sp³-hybridized carbons (Fsp3) is 0.360. The molecule has 3 aromatic rings. The molecule has 0 spiro atoms. The summed E-state index contributed by atoms with van der Waals surface area (Å²) in [6, 6.07) is 17.5. The zero-order valence-electron chi connectivity index (χ0n) is 19.4. The summed E-state index contributed by atoms with van der Waals surface area (Å²) >= 11 is 0. The molecule has 1 saturated heterocycles. The quantitative estimate of drug-likeness (QED) is 0.594. The third-order valence-electron chi connectivity index (χ3n) is 6.46. The number of carbonyl (C=O) groups excluding carboxylic acids is 2. The highest BCUT2D eigenvalue weighted by Gasteiger charge is 2.32. The third kappa shape index (κ3) is 4.26. The SMILES string of the molecule is CN(C)c1ccc(C(=O)N2CCN(C(=O)c3nnn4c3COC(c3ccccc3)C4)CC2)cc1. The molecule has 0 bridgehead atoms. The van der Waals surface area contributed by atoms with Crippen molar-refractivity contribution in [2.24, 2.45) is 0 Å². The maximum absolute atomic E-state index is 13.2. The molecule has 0 N–H and O–H groups in total. The van der Waals surface area contributed by atoms with E-state index in [1.807, 2.05) is 73.6 Å². The molecule has 2 amide bonds. The van der Waals surface area contributed by atoms with Gasteiger partial charge in [-0.25, -0.2) is 4.68 Å². The highest BCUT2D eigenvalue weighted by molar-refractivity contribution is 5.95. The summed E-state index contributed by atoms with van der Waals surface area (Å²) in [4.78, 5) is 31.6. The van der Waals surface area contributed by atoms with E-state index in [1.54, 1.807) is 14.5 Å². The van der Waals surface area contributed by atoms with Gasteiger partial charge in [-0.3, -0.25) is 9.59 Å². The summed E-state index contributed by atoms with van der Waals surface area (Å²) in [6.45, 7) is 2.69. The lowest BCUT2D eigenvalue weighted by molar-refractivity contribution is -0.00202. The maximum Gasteiger partial charge on any atom is 0.276 e. The minimum atomic E-state index is -0.162. The first-order valence-corrected chi connectivity index (χ1v) is 11.5. The van der Waals surface area contributed by atoms with Crippen LogP contribution in [0.15, 0.2) is 54.6 Å². The van der Waals surface area contributed by atoms with E-state index in [1.165, 1.54) is 0 Å². The largest absolute Gasteiger partial charge is 0.378 e. The molecule has 0 radical (unpaired) electrons. The van der Waals surface area contributed by atoms with Crippen molar-refractivity contribution in [1.29, 1.82) is 0 Å². The van der Waals surface area contributed by atoms with Crippen molar-refractivity contribution in [1.82, 2.24) is 24.8 Å². The molecule has 9 heteroatoms. The van der Waals surface area contributed by atoms with Gasteiger partial charge in [-0.2, -0.15) is 0 Å². The third-order valence-corrected chi connectivity index (χ3v) is 6.46. The molecule has 0 aliphatic carbocycles. The number of aromatic nitrogens is 3. The lowest BCUT2D eigenvalue weighted by Crippen LogP contribution is -2.50. The van der Waals surface area contributed by atoms with Gasteiger partial charge in [0.15, 0.2) is 5.69 Å². The normalized spacial score (nSPS) is 17.9. The number of hydrogen-bond acceptors (Lipinski definition) is 6. The highest BCUT2D eigenvalue weighted by Crippen LogP contribution is 2.27. The average Bonchev–Trinajstić information content (AvgIpc) is 3.32. The topological polar surface area (TPSA) is 83.8 Å². The molecular weight excluding hydrogens is 432 g/mol. The fourth-order valence-corrected chi connectivity index (χ4v) is 4.39. The molecule has 34 heavy (non-hydrogen) atoms. The Morgan fingerprint density at radius 1 is 0.912 bits per heavy atom. The van der Waals surface area contributed by atoms with Gasteiger partial charge in [0.25, 0.3) is 11.8 Å². The minimum Gasteiger partial charge on any atom is -0.378 e. The van der Waals surface area contributed by atoms with Crippen LogP contribution in [-0.2, 0) is 17.9 Å². The fourth-order valence-electron chi connectivity index (χ4n) is 4.39. The average molecular weight is 461 g/mol. The maximum atomic E-state index is 13.2. The molecule has 2 aliphatic heterocycles. The van der Waals surface area contributed by atoms with Crippen LogP contribution in [-0.4, -0.2) is 76.9 Å². The first kappa shape index (κ1) is 22.1. The number of benzene rings is 2. The summed E-state index contributed by atoms with van der Waals surface area (Å²) in [5.41, 5.74) is 3.82. The van der Waals surface area contributed by atoms with Crippen LogP contribution in [0.4, 0.5) is 5.69 Å². The molecule has 3 heterocycles. The van der Waals surface area contributed by atoms with E-state index in [0.717, 1.165) is 11.3 Å². The summed E-state index contributed by atoms with van der Waals surface area (Å²) in [5, 5.41) is 8.40. The second-order valence-electron chi connectivity index (χ2n) is 8.80. The molecule has 2 aliphatic rings. The van der Waals surface area contributed by atoms with Gasteiger partial charge in [0.05, 0.1) is 18.8 Å². The van der Waals surface area contributed by atoms with E-state index >= 15 is 0 Å². The van der Waals surface area contributed by atoms with Crippen molar-refractivity contribution >= 4 is 17.5 Å². The van der Waals surface area contributed by atoms with Crippen LogP contribution in [0.5, 0.6) is 0 Å². The lowest BCUT2D eigenvalue weighted by atomic mass is 10.1. The number of carbonyl (C=O) groups is 2. The number of amides is 2. The zero-order chi connectivity index (χ0) is 23.7. The number of hydrogen-bond donors (Lipinski definition) is 0. The van der Waals surface area contributed by atoms with E-state index in [-0.39, 0.29) is 24.5 Å². The van der Waals surface area contributed by atoms with E-state index in [9.17, 15) is 9.59 Å². The molecule has 9 nitrogen and oxygen atoms in total. The molecular formula is C25H28N6O3. The Labute approximate surface area is 198 Å². The van der Waals surface area contributed by atoms with Gasteiger partial charge in [-0.1, -0.05) is 35.5 Å². The Balaban J connectivity index is 1.21. The van der Waals surface area contributed by atoms with E-state index in [0.29, 0.717) is 49.7 Å². The van der Waals surface area contributed by atoms with Crippen molar-refractivity contribution in [3.8, 4) is 0 Å². The van der Waals surface area contributed by atoms with Gasteiger partial charge in [0.1, 0.15) is 6.10 Å². The highest BCUT2D eigenvalue weighted by atomic mass is 16.5. The first-order chi connectivity index (χ1) is 16.5. The van der Waals surface area contributed by atoms with Gasteiger partial charge < -0.3 is 19.4 Å². The molecule has 1 unspecified atom stereocenters. The molecule has 5 rings (SSSR count). The smallest absolute Gasteiger partial charge is 0.276 e. The summed E-state index contributed by atoms with van der Waals surface area (Å²) in [5.74, 6) is -0.177. The zero-order valence-corrected chi connectivity index (χ0v) is 19.4. The summed E-state index contributed by atoms with van der Waals surface area (Å²) in [7, 11) is 3.93. The molecule has 0 saturated carbocycles. The lowest BCUT2D eigenvalue weighted by Gasteiger charge is -2.34. The summed E-state index contributed by atoms with van der Waals surface area (Å²) < 4.78 is 7.79. The van der Waals surface area contributed by atoms with Gasteiger partial charge >= 0.3 is 0 Å². The second kappa shape index (κ2) is 9.26. The van der Waals surface area contributed by atoms with Crippen molar-refractivity contribution in [3.05, 3.63) is 77.1 Å². The standard InChI is InChI=1S/C25H28N6O3/c1-28(2)20-10-8-19(9-11-20)24(32)29-12-14-30(15-13-29)25(33)23-21-17-34-22(16-31(21)27-26-23)18-6-4-3-5-7-18/h3-11,22H,12-17H2,1-2H3. The van der Waals surface area contributed by atoms with Crippen LogP contribution in [0, 0.1) is 0 Å². The number of fused-ring (bicyclic) bond motifs is 1. The van der Waals surface area contributed by atoms with Crippen LogP contribution in [0.25, 0.3) is 0 Å². The Morgan fingerprint density at radius 3 is 2.21 bits per heavy atom. The Bertz CT molecular complexity index is 1170. The van der Waals surface area contributed by atoms with Crippen LogP contribution >= 0.6 is 0 Å². The predicted octanol–water partition coefficient (Wildman–Crippen LogP) is 2.21. The Kier molecular flexibility index (Phi) is 6.02. The monoisotopic (exact) mass is 460 g/mol. The molecule has 1 aromatic heterocycles. The molecule has 1 fully saturated rings. The Morgan fingerprint density at radius 2 is 1.56 bits per heavy atom. The van der Waals surface area contributed by atoms with Crippen LogP contribution < -0.4 is 4.90 Å². The van der Waals surface area contributed by atoms with Crippen molar-refractivity contribution in [3.63, 3.8) is 0 Å². The second-order valence-corrected chi connectivity index (χ2v) is 8.80. The molecule has 2 aromatic carbocycles. The van der Waals surface area contributed by atoms with Crippen molar-refractivity contribution < 1.29 is 14.3 Å². The van der Waals surface area contributed by atoms with E-state index in [2.05, 4.69) is 10.3 Å². The Hall–Kier alpha value is -3.72. The number of rotatable bonds is 4. The summed E-state index contributed by atoms with van der Waals surface area (Å²) in [6.07, 6.45) is -0.111. The number of anilines is 1. The first-order valence-electron chi connectivity index (χ1n) is 11.5. The van der Waals surface area contributed by atoms with Crippen LogP contribution in [0.1, 0.15) is 38.2 Å². The van der Waals surface area contributed by atoms with Crippen LogP contribution in [0.3, 0.4) is 0 Å². The van der Waals surface area contributed by atoms with Gasteiger partial charge in [0.2, 0.25) is 0 Å². The number of piperazine rings is 1.